The van der Waals surface area contributed by atoms with Crippen molar-refractivity contribution in [3.05, 3.63) is 28.0 Å². The molecule has 0 aliphatic carbocycles. The zero-order valence-electron chi connectivity index (χ0n) is 13.7. The van der Waals surface area contributed by atoms with Crippen LogP contribution in [0, 0.1) is 11.3 Å². The molecule has 3 heterocycles. The second kappa shape index (κ2) is 7.44. The van der Waals surface area contributed by atoms with E-state index in [1.807, 2.05) is 0 Å². The molecule has 0 bridgehead atoms. The molecule has 0 saturated heterocycles. The molecule has 0 spiro atoms. The second-order valence-electron chi connectivity index (χ2n) is 5.35. The number of amides is 2. The molecule has 1 aromatic heterocycles. The van der Waals surface area contributed by atoms with E-state index in [1.165, 1.54) is 17.6 Å². The van der Waals surface area contributed by atoms with Gasteiger partial charge in [-0.1, -0.05) is 0 Å². The minimum absolute atomic E-state index is 0.0784. The monoisotopic (exact) mass is 363 g/mol. The highest BCUT2D eigenvalue weighted by Gasteiger charge is 2.28. The molecule has 25 heavy (non-hydrogen) atoms. The van der Waals surface area contributed by atoms with E-state index in [0.29, 0.717) is 49.9 Å². The number of nitriles is 1. The van der Waals surface area contributed by atoms with E-state index in [0.717, 1.165) is 10.4 Å². The quantitative estimate of drug-likeness (QED) is 0.881. The Morgan fingerprint density at radius 2 is 2.32 bits per heavy atom. The summed E-state index contributed by atoms with van der Waals surface area (Å²) < 4.78 is 15.3. The van der Waals surface area contributed by atoms with E-state index < -0.39 is 5.91 Å². The van der Waals surface area contributed by atoms with Gasteiger partial charge in [0.1, 0.15) is 30.5 Å². The third kappa shape index (κ3) is 3.53. The molecule has 132 valence electrons. The zero-order chi connectivity index (χ0) is 17.8. The number of ether oxygens (including phenoxy) is 3. The van der Waals surface area contributed by atoms with Gasteiger partial charge in [-0.25, -0.2) is 4.79 Å². The maximum atomic E-state index is 12.2. The van der Waals surface area contributed by atoms with E-state index in [1.54, 1.807) is 11.8 Å². The Labute approximate surface area is 148 Å². The zero-order valence-corrected chi connectivity index (χ0v) is 14.5. The van der Waals surface area contributed by atoms with Crippen molar-refractivity contribution >= 4 is 28.3 Å². The molecule has 8 nitrogen and oxygen atoms in total. The molecule has 0 saturated carbocycles. The molecule has 2 amide bonds. The van der Waals surface area contributed by atoms with Gasteiger partial charge in [-0.2, -0.15) is 5.26 Å². The summed E-state index contributed by atoms with van der Waals surface area (Å²) in [5.74, 6) is -0.383. The molecule has 1 aromatic rings. The van der Waals surface area contributed by atoms with Crippen molar-refractivity contribution < 1.29 is 23.8 Å². The highest BCUT2D eigenvalue weighted by Crippen LogP contribution is 2.37. The molecule has 2 aliphatic heterocycles. The van der Waals surface area contributed by atoms with Crippen LogP contribution in [-0.4, -0.2) is 43.3 Å². The molecule has 0 atom stereocenters. The Bertz CT molecular complexity index is 765. The Balaban J connectivity index is 1.78. The number of anilines is 1. The minimum Gasteiger partial charge on any atom is -0.494 e. The standard InChI is InChI=1S/C16H17N3O5S/c1-2-23-16(21)19-4-3-10-11(7-17)15(25-13(10)8-19)18-14(20)12-9-22-5-6-24-12/h9H,2-6,8H2,1H3,(H,18,20). The van der Waals surface area contributed by atoms with Gasteiger partial charge in [-0.05, 0) is 18.9 Å². The van der Waals surface area contributed by atoms with Crippen LogP contribution < -0.4 is 5.32 Å². The van der Waals surface area contributed by atoms with Crippen LogP contribution >= 0.6 is 11.3 Å². The van der Waals surface area contributed by atoms with Gasteiger partial charge in [0.15, 0.2) is 0 Å². The minimum atomic E-state index is -0.461. The lowest BCUT2D eigenvalue weighted by Gasteiger charge is -2.25. The van der Waals surface area contributed by atoms with Gasteiger partial charge in [0.05, 0.1) is 18.7 Å². The molecule has 0 unspecified atom stereocenters. The number of carbonyl (C=O) groups excluding carboxylic acids is 2. The summed E-state index contributed by atoms with van der Waals surface area (Å²) in [5, 5.41) is 12.6. The molecule has 9 heteroatoms. The van der Waals surface area contributed by atoms with Crippen molar-refractivity contribution in [2.45, 2.75) is 19.9 Å². The third-order valence-corrected chi connectivity index (χ3v) is 4.93. The van der Waals surface area contributed by atoms with Crippen molar-refractivity contribution in [1.82, 2.24) is 4.90 Å². The van der Waals surface area contributed by atoms with Crippen molar-refractivity contribution in [3.63, 3.8) is 0 Å². The fourth-order valence-electron chi connectivity index (χ4n) is 2.63. The summed E-state index contributed by atoms with van der Waals surface area (Å²) in [6.45, 7) is 3.62. The van der Waals surface area contributed by atoms with Crippen LogP contribution in [0.5, 0.6) is 0 Å². The van der Waals surface area contributed by atoms with Crippen molar-refractivity contribution in [2.75, 3.05) is 31.7 Å². The average Bonchev–Trinajstić information content (AvgIpc) is 2.98. The Hall–Kier alpha value is -2.73. The predicted molar refractivity (Wildman–Crippen MR) is 88.8 cm³/mol. The molecule has 2 aliphatic rings. The van der Waals surface area contributed by atoms with Crippen molar-refractivity contribution in [2.24, 2.45) is 0 Å². The predicted octanol–water partition coefficient (Wildman–Crippen LogP) is 1.96. The molecular formula is C16H17N3O5S. The fourth-order valence-corrected chi connectivity index (χ4v) is 3.84. The van der Waals surface area contributed by atoms with Gasteiger partial charge in [0.2, 0.25) is 5.76 Å². The average molecular weight is 363 g/mol. The first kappa shape index (κ1) is 17.1. The fraction of sp³-hybridized carbons (Fsp3) is 0.438. The second-order valence-corrected chi connectivity index (χ2v) is 6.45. The summed E-state index contributed by atoms with van der Waals surface area (Å²) in [6, 6.07) is 2.15. The van der Waals surface area contributed by atoms with Crippen LogP contribution in [0.15, 0.2) is 12.0 Å². The number of nitrogens with one attached hydrogen (secondary N) is 1. The number of hydrogen-bond acceptors (Lipinski definition) is 7. The van der Waals surface area contributed by atoms with E-state index in [9.17, 15) is 14.9 Å². The normalized spacial score (nSPS) is 15.8. The van der Waals surface area contributed by atoms with Crippen LogP contribution in [-0.2, 0) is 32.0 Å². The SMILES string of the molecule is CCOC(=O)N1CCc2c(sc(NC(=O)C3=COCCO3)c2C#N)C1. The first-order chi connectivity index (χ1) is 12.1. The first-order valence-electron chi connectivity index (χ1n) is 7.86. The van der Waals surface area contributed by atoms with Crippen LogP contribution in [0.25, 0.3) is 0 Å². The van der Waals surface area contributed by atoms with E-state index in [2.05, 4.69) is 11.4 Å². The Morgan fingerprint density at radius 1 is 1.48 bits per heavy atom. The summed E-state index contributed by atoms with van der Waals surface area (Å²) in [6.07, 6.45) is 1.44. The van der Waals surface area contributed by atoms with Gasteiger partial charge < -0.3 is 24.4 Å². The van der Waals surface area contributed by atoms with E-state index >= 15 is 0 Å². The van der Waals surface area contributed by atoms with Gasteiger partial charge in [0.25, 0.3) is 5.91 Å². The number of nitrogens with zero attached hydrogens (tertiary/aromatic N) is 2. The number of carbonyl (C=O) groups is 2. The van der Waals surface area contributed by atoms with Gasteiger partial charge >= 0.3 is 6.09 Å². The Kier molecular flexibility index (Phi) is 5.09. The number of fused-ring (bicyclic) bond motifs is 1. The molecule has 0 aromatic carbocycles. The Morgan fingerprint density at radius 3 is 3.00 bits per heavy atom. The van der Waals surface area contributed by atoms with Crippen LogP contribution in [0.3, 0.4) is 0 Å². The lowest BCUT2D eigenvalue weighted by Crippen LogP contribution is -2.35. The number of rotatable bonds is 3. The van der Waals surface area contributed by atoms with Gasteiger partial charge in [-0.3, -0.25) is 4.79 Å². The molecule has 0 radical (unpaired) electrons. The lowest BCUT2D eigenvalue weighted by molar-refractivity contribution is -0.117. The van der Waals surface area contributed by atoms with E-state index in [4.69, 9.17) is 14.2 Å². The van der Waals surface area contributed by atoms with Crippen LogP contribution in [0.1, 0.15) is 22.9 Å². The van der Waals surface area contributed by atoms with E-state index in [-0.39, 0.29) is 11.9 Å². The van der Waals surface area contributed by atoms with Crippen molar-refractivity contribution in [3.8, 4) is 6.07 Å². The summed E-state index contributed by atoms with van der Waals surface area (Å²) in [4.78, 5) is 26.6. The summed E-state index contributed by atoms with van der Waals surface area (Å²) >= 11 is 1.29. The number of hydrogen-bond donors (Lipinski definition) is 1. The highest BCUT2D eigenvalue weighted by molar-refractivity contribution is 7.16. The summed E-state index contributed by atoms with van der Waals surface area (Å²) in [7, 11) is 0. The molecule has 0 fully saturated rings. The van der Waals surface area contributed by atoms with Crippen LogP contribution in [0.4, 0.5) is 9.80 Å². The maximum Gasteiger partial charge on any atom is 0.410 e. The lowest BCUT2D eigenvalue weighted by atomic mass is 10.0. The topological polar surface area (TPSA) is 101 Å². The molecule has 3 rings (SSSR count). The third-order valence-electron chi connectivity index (χ3n) is 3.79. The summed E-state index contributed by atoms with van der Waals surface area (Å²) in [5.41, 5.74) is 1.31. The largest absolute Gasteiger partial charge is 0.494 e. The number of thiophene rings is 1. The van der Waals surface area contributed by atoms with Gasteiger partial charge in [0, 0.05) is 11.4 Å². The smallest absolute Gasteiger partial charge is 0.410 e. The van der Waals surface area contributed by atoms with Crippen LogP contribution in [0.2, 0.25) is 0 Å². The van der Waals surface area contributed by atoms with Gasteiger partial charge in [-0.15, -0.1) is 11.3 Å². The first-order valence-corrected chi connectivity index (χ1v) is 8.68. The molecule has 1 N–H and O–H groups in total. The maximum absolute atomic E-state index is 12.2. The highest BCUT2D eigenvalue weighted by atomic mass is 32.1. The van der Waals surface area contributed by atoms with Crippen molar-refractivity contribution in [1.29, 1.82) is 5.26 Å². The molecular weight excluding hydrogens is 346 g/mol.